The molecule has 4 rings (SSSR count). The van der Waals surface area contributed by atoms with E-state index >= 15 is 0 Å². The van der Waals surface area contributed by atoms with Crippen LogP contribution in [0.3, 0.4) is 0 Å². The minimum absolute atomic E-state index is 0.174. The lowest BCUT2D eigenvalue weighted by molar-refractivity contribution is -0.384. The van der Waals surface area contributed by atoms with Crippen molar-refractivity contribution in [2.24, 2.45) is 10.4 Å². The Morgan fingerprint density at radius 3 is 2.54 bits per heavy atom. The van der Waals surface area contributed by atoms with Gasteiger partial charge >= 0.3 is 5.97 Å². The Kier molecular flexibility index (Phi) is 7.23. The number of ketones is 1. The van der Waals surface area contributed by atoms with E-state index in [1.165, 1.54) is 6.07 Å². The van der Waals surface area contributed by atoms with Crippen molar-refractivity contribution in [3.05, 3.63) is 64.0 Å². The zero-order valence-electron chi connectivity index (χ0n) is 19.6. The number of Topliss-reactive ketones (excluding diaryl/α,β-unsaturated/α-hetero) is 1. The molecule has 184 valence electrons. The Morgan fingerprint density at radius 1 is 1.20 bits per heavy atom. The number of nitrogens with zero attached hydrogens (tertiary/aromatic N) is 2. The van der Waals surface area contributed by atoms with Crippen LogP contribution in [0.25, 0.3) is 0 Å². The monoisotopic (exact) mass is 481 g/mol. The number of nitro groups is 1. The van der Waals surface area contributed by atoms with Crippen molar-refractivity contribution >= 4 is 34.5 Å². The SMILES string of the molecule is CCOC(=O)[C@H](Cc1ccc(Nc2ccc(F)cc2[N+](=O)[O-])cc1)N=C1CC(=O)C12CCCCC2. The molecule has 2 aliphatic rings. The van der Waals surface area contributed by atoms with Crippen LogP contribution < -0.4 is 5.32 Å². The van der Waals surface area contributed by atoms with Crippen LogP contribution in [0.1, 0.15) is 51.0 Å². The van der Waals surface area contributed by atoms with Crippen LogP contribution >= 0.6 is 0 Å². The van der Waals surface area contributed by atoms with Crippen LogP contribution in [-0.2, 0) is 20.7 Å². The fourth-order valence-electron chi connectivity index (χ4n) is 4.91. The molecule has 9 heteroatoms. The third-order valence-corrected chi connectivity index (χ3v) is 6.81. The highest BCUT2D eigenvalue weighted by Crippen LogP contribution is 2.47. The van der Waals surface area contributed by atoms with Gasteiger partial charge in [0.2, 0.25) is 0 Å². The van der Waals surface area contributed by atoms with Gasteiger partial charge in [-0.25, -0.2) is 9.18 Å². The second kappa shape index (κ2) is 10.3. The minimum Gasteiger partial charge on any atom is -0.464 e. The molecule has 1 atom stereocenters. The third-order valence-electron chi connectivity index (χ3n) is 6.81. The highest BCUT2D eigenvalue weighted by atomic mass is 19.1. The number of carbonyl (C=O) groups excluding carboxylic acids is 2. The average molecular weight is 482 g/mol. The van der Waals surface area contributed by atoms with E-state index in [0.29, 0.717) is 18.5 Å². The van der Waals surface area contributed by atoms with Crippen molar-refractivity contribution in [3.8, 4) is 0 Å². The number of anilines is 2. The molecule has 0 heterocycles. The Labute approximate surface area is 202 Å². The predicted octanol–water partition coefficient (Wildman–Crippen LogP) is 5.32. The van der Waals surface area contributed by atoms with Crippen LogP contribution in [0, 0.1) is 21.3 Å². The molecule has 2 saturated carbocycles. The Bertz CT molecular complexity index is 1160. The highest BCUT2D eigenvalue weighted by molar-refractivity contribution is 6.27. The van der Waals surface area contributed by atoms with Crippen molar-refractivity contribution in [1.29, 1.82) is 0 Å². The summed E-state index contributed by atoms with van der Waals surface area (Å²) >= 11 is 0. The molecular formula is C26H28FN3O5. The van der Waals surface area contributed by atoms with Crippen LogP contribution in [0.4, 0.5) is 21.5 Å². The van der Waals surface area contributed by atoms with E-state index in [2.05, 4.69) is 5.32 Å². The first-order valence-electron chi connectivity index (χ1n) is 11.9. The predicted molar refractivity (Wildman–Crippen MR) is 129 cm³/mol. The number of ether oxygens (including phenoxy) is 1. The maximum absolute atomic E-state index is 13.4. The molecule has 35 heavy (non-hydrogen) atoms. The summed E-state index contributed by atoms with van der Waals surface area (Å²) in [6.07, 6.45) is 5.32. The summed E-state index contributed by atoms with van der Waals surface area (Å²) in [6, 6.07) is 9.64. The standard InChI is InChI=1S/C26H28FN3O5/c1-2-35-25(32)21(29-23-16-24(31)26(23)12-4-3-5-13-26)14-17-6-9-19(10-7-17)28-20-11-8-18(27)15-22(20)30(33)34/h6-11,15,21,28H,2-5,12-14,16H2,1H3/t21-/m0/s1. The fraction of sp³-hybridized carbons (Fsp3) is 0.423. The number of rotatable bonds is 8. The van der Waals surface area contributed by atoms with Gasteiger partial charge in [-0.05, 0) is 49.6 Å². The molecule has 0 amide bonds. The number of hydrogen-bond acceptors (Lipinski definition) is 7. The van der Waals surface area contributed by atoms with Gasteiger partial charge in [-0.1, -0.05) is 31.4 Å². The van der Waals surface area contributed by atoms with Gasteiger partial charge in [0.1, 0.15) is 17.3 Å². The molecule has 1 N–H and O–H groups in total. The molecule has 0 aromatic heterocycles. The van der Waals surface area contributed by atoms with Crippen LogP contribution in [0.2, 0.25) is 0 Å². The normalized spacial score (nSPS) is 18.7. The van der Waals surface area contributed by atoms with Gasteiger partial charge in [0.05, 0.1) is 23.0 Å². The van der Waals surface area contributed by atoms with Gasteiger partial charge in [0.15, 0.2) is 6.04 Å². The lowest BCUT2D eigenvalue weighted by Gasteiger charge is -2.44. The van der Waals surface area contributed by atoms with E-state index in [0.717, 1.165) is 55.5 Å². The summed E-state index contributed by atoms with van der Waals surface area (Å²) in [4.78, 5) is 40.5. The fourth-order valence-corrected chi connectivity index (χ4v) is 4.91. The van der Waals surface area contributed by atoms with Crippen molar-refractivity contribution < 1.29 is 23.6 Å². The molecule has 0 unspecified atom stereocenters. The summed E-state index contributed by atoms with van der Waals surface area (Å²) in [5.41, 5.74) is 1.55. The maximum atomic E-state index is 13.4. The van der Waals surface area contributed by atoms with Crippen molar-refractivity contribution in [2.45, 2.75) is 57.9 Å². The molecule has 2 aromatic rings. The lowest BCUT2D eigenvalue weighted by atomic mass is 9.58. The second-order valence-corrected chi connectivity index (χ2v) is 9.03. The highest BCUT2D eigenvalue weighted by Gasteiger charge is 2.52. The number of benzene rings is 2. The summed E-state index contributed by atoms with van der Waals surface area (Å²) in [6.45, 7) is 1.98. The van der Waals surface area contributed by atoms with Crippen LogP contribution in [-0.4, -0.2) is 35.0 Å². The number of esters is 1. The summed E-state index contributed by atoms with van der Waals surface area (Å²) in [5.74, 6) is -0.884. The first kappa shape index (κ1) is 24.5. The molecule has 1 spiro atoms. The van der Waals surface area contributed by atoms with E-state index in [9.17, 15) is 24.1 Å². The molecule has 0 bridgehead atoms. The molecule has 8 nitrogen and oxygen atoms in total. The Morgan fingerprint density at radius 2 is 1.91 bits per heavy atom. The molecule has 2 fully saturated rings. The molecule has 2 aliphatic carbocycles. The first-order chi connectivity index (χ1) is 16.8. The minimum atomic E-state index is -0.742. The number of carbonyl (C=O) groups is 2. The maximum Gasteiger partial charge on any atom is 0.331 e. The molecule has 0 aliphatic heterocycles. The Balaban J connectivity index is 1.51. The van der Waals surface area contributed by atoms with Gasteiger partial charge in [-0.2, -0.15) is 0 Å². The number of halogens is 1. The van der Waals surface area contributed by atoms with E-state index in [1.807, 2.05) is 0 Å². The van der Waals surface area contributed by atoms with Gasteiger partial charge in [0, 0.05) is 24.2 Å². The topological polar surface area (TPSA) is 111 Å². The van der Waals surface area contributed by atoms with E-state index in [4.69, 9.17) is 9.73 Å². The average Bonchev–Trinajstić information content (AvgIpc) is 2.86. The van der Waals surface area contributed by atoms with E-state index in [-0.39, 0.29) is 23.8 Å². The first-order valence-corrected chi connectivity index (χ1v) is 11.9. The molecule has 0 saturated heterocycles. The number of aliphatic imine (C=N–C) groups is 1. The zero-order valence-corrected chi connectivity index (χ0v) is 19.6. The smallest absolute Gasteiger partial charge is 0.331 e. The summed E-state index contributed by atoms with van der Waals surface area (Å²) in [5, 5.41) is 14.2. The Hall–Kier alpha value is -3.62. The van der Waals surface area contributed by atoms with Gasteiger partial charge in [0.25, 0.3) is 5.69 Å². The lowest BCUT2D eigenvalue weighted by Crippen LogP contribution is -2.52. The third kappa shape index (κ3) is 5.23. The van der Waals surface area contributed by atoms with Gasteiger partial charge < -0.3 is 10.1 Å². The van der Waals surface area contributed by atoms with Crippen molar-refractivity contribution in [3.63, 3.8) is 0 Å². The quantitative estimate of drug-likeness (QED) is 0.310. The number of hydrogen-bond donors (Lipinski definition) is 1. The number of nitrogens with one attached hydrogen (secondary N) is 1. The molecule has 2 aromatic carbocycles. The summed E-state index contributed by atoms with van der Waals surface area (Å²) in [7, 11) is 0. The van der Waals surface area contributed by atoms with Crippen LogP contribution in [0.15, 0.2) is 47.5 Å². The summed E-state index contributed by atoms with van der Waals surface area (Å²) < 4.78 is 18.7. The molecule has 0 radical (unpaired) electrons. The van der Waals surface area contributed by atoms with Gasteiger partial charge in [-0.15, -0.1) is 0 Å². The van der Waals surface area contributed by atoms with Crippen LogP contribution in [0.5, 0.6) is 0 Å². The second-order valence-electron chi connectivity index (χ2n) is 9.03. The molecular weight excluding hydrogens is 453 g/mol. The largest absolute Gasteiger partial charge is 0.464 e. The van der Waals surface area contributed by atoms with Crippen molar-refractivity contribution in [2.75, 3.05) is 11.9 Å². The van der Waals surface area contributed by atoms with E-state index in [1.54, 1.807) is 31.2 Å². The van der Waals surface area contributed by atoms with Crippen molar-refractivity contribution in [1.82, 2.24) is 0 Å². The van der Waals surface area contributed by atoms with Gasteiger partial charge in [-0.3, -0.25) is 19.9 Å². The zero-order chi connectivity index (χ0) is 25.0. The number of nitro benzene ring substituents is 1. The van der Waals surface area contributed by atoms with E-state index < -0.39 is 28.2 Å².